The van der Waals surface area contributed by atoms with Crippen molar-refractivity contribution in [2.75, 3.05) is 0 Å². The van der Waals surface area contributed by atoms with Gasteiger partial charge in [0.05, 0.1) is 11.3 Å². The molecule has 8 heteroatoms. The van der Waals surface area contributed by atoms with E-state index in [-0.39, 0.29) is 16.8 Å². The van der Waals surface area contributed by atoms with Crippen LogP contribution in [0.15, 0.2) is 64.0 Å². The molecule has 3 aromatic rings. The maximum atomic E-state index is 12.7. The van der Waals surface area contributed by atoms with E-state index in [2.05, 4.69) is 10.3 Å². The van der Waals surface area contributed by atoms with Gasteiger partial charge in [0.25, 0.3) is 5.91 Å². The van der Waals surface area contributed by atoms with E-state index in [9.17, 15) is 22.8 Å². The minimum absolute atomic E-state index is 0.0104. The molecular weight excluding hydrogens is 361 g/mol. The van der Waals surface area contributed by atoms with Gasteiger partial charge in [-0.2, -0.15) is 13.2 Å². The summed E-state index contributed by atoms with van der Waals surface area (Å²) >= 11 is 0. The van der Waals surface area contributed by atoms with Crippen LogP contribution in [0.5, 0.6) is 0 Å². The van der Waals surface area contributed by atoms with Gasteiger partial charge < -0.3 is 4.42 Å². The van der Waals surface area contributed by atoms with Gasteiger partial charge in [-0.1, -0.05) is 18.2 Å². The molecule has 0 aliphatic heterocycles. The number of hydrogen-bond acceptors (Lipinski definition) is 4. The summed E-state index contributed by atoms with van der Waals surface area (Å²) < 4.78 is 43.7. The Kier molecular flexibility index (Phi) is 4.81. The van der Waals surface area contributed by atoms with Gasteiger partial charge in [-0.15, -0.1) is 0 Å². The molecule has 1 heterocycles. The standard InChI is InChI=1S/C19H13F3N2O3/c1-11(25)23-17(26)15-10-12-4-2-3-5-16(12)27-18(15)24-14-8-6-13(7-9-14)19(20,21)22/h2-10H,1H3,(H,23,25,26). The second kappa shape index (κ2) is 7.06. The summed E-state index contributed by atoms with van der Waals surface area (Å²) in [6, 6.07) is 12.4. The maximum Gasteiger partial charge on any atom is 0.416 e. The molecule has 0 unspecified atom stereocenters. The topological polar surface area (TPSA) is 71.7 Å². The fourth-order valence-corrected chi connectivity index (χ4v) is 2.38. The summed E-state index contributed by atoms with van der Waals surface area (Å²) in [7, 11) is 0. The van der Waals surface area contributed by atoms with E-state index in [1.807, 2.05) is 0 Å². The van der Waals surface area contributed by atoms with Crippen LogP contribution in [0.3, 0.4) is 0 Å². The van der Waals surface area contributed by atoms with Crippen molar-refractivity contribution in [2.45, 2.75) is 13.1 Å². The summed E-state index contributed by atoms with van der Waals surface area (Å²) in [5, 5.41) is 2.74. The summed E-state index contributed by atoms with van der Waals surface area (Å²) in [5.41, 5.74) is -0.344. The number of alkyl halides is 3. The first-order valence-electron chi connectivity index (χ1n) is 7.81. The second-order valence-corrected chi connectivity index (χ2v) is 5.67. The lowest BCUT2D eigenvalue weighted by Gasteiger charge is -2.06. The summed E-state index contributed by atoms with van der Waals surface area (Å²) in [6.45, 7) is 1.18. The quantitative estimate of drug-likeness (QED) is 0.738. The SMILES string of the molecule is CC(=O)NC(=O)c1cc2ccccc2oc1=Nc1ccc(C(F)(F)F)cc1. The number of carbonyl (C=O) groups excluding carboxylic acids is 2. The molecule has 2 amide bonds. The molecule has 0 bridgehead atoms. The third-order valence-electron chi connectivity index (χ3n) is 3.62. The Morgan fingerprint density at radius 2 is 1.70 bits per heavy atom. The van der Waals surface area contributed by atoms with Crippen molar-refractivity contribution in [1.29, 1.82) is 0 Å². The van der Waals surface area contributed by atoms with Crippen LogP contribution in [0.25, 0.3) is 11.0 Å². The Balaban J connectivity index is 2.14. The van der Waals surface area contributed by atoms with Crippen LogP contribution in [0.4, 0.5) is 18.9 Å². The second-order valence-electron chi connectivity index (χ2n) is 5.67. The molecule has 0 aliphatic carbocycles. The van der Waals surface area contributed by atoms with E-state index in [1.54, 1.807) is 24.3 Å². The predicted molar refractivity (Wildman–Crippen MR) is 91.0 cm³/mol. The van der Waals surface area contributed by atoms with Crippen LogP contribution < -0.4 is 10.9 Å². The van der Waals surface area contributed by atoms with Crippen molar-refractivity contribution < 1.29 is 27.2 Å². The number of amides is 2. The maximum absolute atomic E-state index is 12.7. The number of carbonyl (C=O) groups is 2. The molecular formula is C19H13F3N2O3. The van der Waals surface area contributed by atoms with Crippen LogP contribution >= 0.6 is 0 Å². The van der Waals surface area contributed by atoms with Crippen LogP contribution in [0.2, 0.25) is 0 Å². The summed E-state index contributed by atoms with van der Waals surface area (Å²) in [5.74, 6) is -1.28. The van der Waals surface area contributed by atoms with Crippen molar-refractivity contribution in [1.82, 2.24) is 5.32 Å². The average molecular weight is 374 g/mol. The molecule has 3 rings (SSSR count). The fourth-order valence-electron chi connectivity index (χ4n) is 2.38. The van der Waals surface area contributed by atoms with Crippen molar-refractivity contribution >= 4 is 28.5 Å². The largest absolute Gasteiger partial charge is 0.438 e. The molecule has 0 saturated heterocycles. The number of nitrogens with one attached hydrogen (secondary N) is 1. The van der Waals surface area contributed by atoms with E-state index >= 15 is 0 Å². The van der Waals surface area contributed by atoms with Crippen molar-refractivity contribution in [2.24, 2.45) is 4.99 Å². The molecule has 2 aromatic carbocycles. The van der Waals surface area contributed by atoms with Gasteiger partial charge in [-0.3, -0.25) is 14.9 Å². The Labute approximate surface area is 151 Å². The molecule has 0 saturated carbocycles. The van der Waals surface area contributed by atoms with Crippen molar-refractivity contribution in [3.63, 3.8) is 0 Å². The lowest BCUT2D eigenvalue weighted by molar-refractivity contribution is -0.137. The average Bonchev–Trinajstić information content (AvgIpc) is 2.60. The summed E-state index contributed by atoms with van der Waals surface area (Å²) in [4.78, 5) is 27.6. The molecule has 5 nitrogen and oxygen atoms in total. The predicted octanol–water partition coefficient (Wildman–Crippen LogP) is 3.96. The van der Waals surface area contributed by atoms with E-state index in [0.717, 1.165) is 12.1 Å². The Bertz CT molecular complexity index is 1080. The smallest absolute Gasteiger partial charge is 0.416 e. The number of para-hydroxylation sites is 1. The van der Waals surface area contributed by atoms with Crippen LogP contribution in [0, 0.1) is 0 Å². The van der Waals surface area contributed by atoms with Gasteiger partial charge in [-0.05, 0) is 36.4 Å². The molecule has 0 radical (unpaired) electrons. The molecule has 138 valence electrons. The van der Waals surface area contributed by atoms with Crippen molar-refractivity contribution in [3.8, 4) is 0 Å². The molecule has 1 aromatic heterocycles. The van der Waals surface area contributed by atoms with Gasteiger partial charge in [0, 0.05) is 12.3 Å². The first-order chi connectivity index (χ1) is 12.7. The van der Waals surface area contributed by atoms with E-state index in [4.69, 9.17) is 4.42 Å². The van der Waals surface area contributed by atoms with Crippen LogP contribution in [-0.2, 0) is 11.0 Å². The zero-order valence-corrected chi connectivity index (χ0v) is 14.0. The lowest BCUT2D eigenvalue weighted by atomic mass is 10.1. The highest BCUT2D eigenvalue weighted by Gasteiger charge is 2.29. The third-order valence-corrected chi connectivity index (χ3v) is 3.62. The van der Waals surface area contributed by atoms with Crippen LogP contribution in [-0.4, -0.2) is 11.8 Å². The van der Waals surface area contributed by atoms with E-state index in [1.165, 1.54) is 25.1 Å². The number of nitrogens with zero attached hydrogens (tertiary/aromatic N) is 1. The van der Waals surface area contributed by atoms with E-state index < -0.39 is 23.6 Å². The Morgan fingerprint density at radius 3 is 2.33 bits per heavy atom. The monoisotopic (exact) mass is 374 g/mol. The lowest BCUT2D eigenvalue weighted by Crippen LogP contribution is -2.32. The molecule has 0 fully saturated rings. The van der Waals surface area contributed by atoms with Gasteiger partial charge in [-0.25, -0.2) is 4.99 Å². The number of rotatable bonds is 2. The number of benzene rings is 2. The minimum atomic E-state index is -4.46. The normalized spacial score (nSPS) is 12.2. The number of halogens is 3. The minimum Gasteiger partial charge on any atom is -0.438 e. The molecule has 27 heavy (non-hydrogen) atoms. The zero-order chi connectivity index (χ0) is 19.6. The highest BCUT2D eigenvalue weighted by atomic mass is 19.4. The fraction of sp³-hybridized carbons (Fsp3) is 0.105. The number of hydrogen-bond donors (Lipinski definition) is 1. The first kappa shape index (κ1) is 18.4. The molecule has 1 N–H and O–H groups in total. The highest BCUT2D eigenvalue weighted by Crippen LogP contribution is 2.30. The Morgan fingerprint density at radius 1 is 1.04 bits per heavy atom. The highest BCUT2D eigenvalue weighted by molar-refractivity contribution is 6.05. The van der Waals surface area contributed by atoms with Gasteiger partial charge in [0.15, 0.2) is 0 Å². The Hall–Kier alpha value is -3.42. The van der Waals surface area contributed by atoms with Gasteiger partial charge in [0.2, 0.25) is 11.5 Å². The molecule has 0 aliphatic rings. The van der Waals surface area contributed by atoms with Crippen molar-refractivity contribution in [3.05, 3.63) is 71.3 Å². The first-order valence-corrected chi connectivity index (χ1v) is 7.81. The van der Waals surface area contributed by atoms with Gasteiger partial charge in [0.1, 0.15) is 11.1 Å². The molecule has 0 spiro atoms. The summed E-state index contributed by atoms with van der Waals surface area (Å²) in [6.07, 6.45) is -4.46. The van der Waals surface area contributed by atoms with E-state index in [0.29, 0.717) is 11.0 Å². The third kappa shape index (κ3) is 4.22. The number of imide groups is 1. The molecule has 0 atom stereocenters. The van der Waals surface area contributed by atoms with Crippen LogP contribution in [0.1, 0.15) is 22.8 Å². The van der Waals surface area contributed by atoms with Gasteiger partial charge >= 0.3 is 6.18 Å². The zero-order valence-electron chi connectivity index (χ0n) is 14.0. The number of fused-ring (bicyclic) bond motifs is 1.